The standard InChI is InChI=1S/C46H33N3S3/c1-27(29-18-21-35-33-12-5-7-16-39(33)50-42(35)25-29)48-46(49-45(47)28-10-3-2-4-11-28)31-20-23-41-38(24-31)36-22-19-30(26-43(36)51-41)32-14-9-15-37-34-13-6-8-17-40(34)52-44(32)37/h2-26,45-46,48-49H,1,47H2. The van der Waals surface area contributed by atoms with E-state index in [0.29, 0.717) is 0 Å². The van der Waals surface area contributed by atoms with Gasteiger partial charge in [-0.05, 0) is 64.2 Å². The normalized spacial score (nSPS) is 13.1. The first-order chi connectivity index (χ1) is 25.6. The Balaban J connectivity index is 1.02. The molecule has 250 valence electrons. The SMILES string of the molecule is C=C(NC(NC(N)c1ccccc1)c1ccc2sc3cc(-c4cccc5c4sc4ccccc45)ccc3c2c1)c1ccc2c(c1)sc1ccccc12. The maximum atomic E-state index is 6.81. The van der Waals surface area contributed by atoms with Gasteiger partial charge < -0.3 is 11.1 Å². The molecule has 0 bridgehead atoms. The van der Waals surface area contributed by atoms with Crippen LogP contribution in [-0.4, -0.2) is 0 Å². The molecule has 10 rings (SSSR count). The summed E-state index contributed by atoms with van der Waals surface area (Å²) in [7, 11) is 0. The van der Waals surface area contributed by atoms with Gasteiger partial charge in [-0.15, -0.1) is 34.0 Å². The summed E-state index contributed by atoms with van der Waals surface area (Å²) >= 11 is 5.54. The van der Waals surface area contributed by atoms with E-state index < -0.39 is 0 Å². The quantitative estimate of drug-likeness (QED) is 0.137. The highest BCUT2D eigenvalue weighted by Crippen LogP contribution is 2.43. The van der Waals surface area contributed by atoms with E-state index in [1.165, 1.54) is 71.6 Å². The zero-order chi connectivity index (χ0) is 34.8. The van der Waals surface area contributed by atoms with E-state index in [4.69, 9.17) is 5.73 Å². The van der Waals surface area contributed by atoms with Gasteiger partial charge in [0.25, 0.3) is 0 Å². The predicted octanol–water partition coefficient (Wildman–Crippen LogP) is 13.0. The average Bonchev–Trinajstić information content (AvgIpc) is 3.88. The Morgan fingerprint density at radius 2 is 1.13 bits per heavy atom. The van der Waals surface area contributed by atoms with Crippen LogP contribution in [0.3, 0.4) is 0 Å². The predicted molar refractivity (Wildman–Crippen MR) is 228 cm³/mol. The minimum Gasteiger partial charge on any atom is -0.366 e. The third-order valence-electron chi connectivity index (χ3n) is 10.1. The molecule has 0 aliphatic heterocycles. The zero-order valence-corrected chi connectivity index (χ0v) is 30.5. The van der Waals surface area contributed by atoms with Gasteiger partial charge in [-0.2, -0.15) is 0 Å². The van der Waals surface area contributed by atoms with Gasteiger partial charge >= 0.3 is 0 Å². The third-order valence-corrected chi connectivity index (χ3v) is 13.6. The Hall–Kier alpha value is -5.34. The Morgan fingerprint density at radius 1 is 0.500 bits per heavy atom. The second-order valence-electron chi connectivity index (χ2n) is 13.3. The first-order valence-electron chi connectivity index (χ1n) is 17.4. The summed E-state index contributed by atoms with van der Waals surface area (Å²) in [6.45, 7) is 4.52. The van der Waals surface area contributed by atoms with Crippen molar-refractivity contribution in [1.29, 1.82) is 0 Å². The second kappa shape index (κ2) is 12.7. The highest BCUT2D eigenvalue weighted by atomic mass is 32.1. The van der Waals surface area contributed by atoms with Gasteiger partial charge in [0.1, 0.15) is 6.17 Å². The van der Waals surface area contributed by atoms with Crippen LogP contribution in [0.15, 0.2) is 158 Å². The van der Waals surface area contributed by atoms with Crippen molar-refractivity contribution in [1.82, 2.24) is 10.6 Å². The molecule has 0 radical (unpaired) electrons. The fraction of sp³-hybridized carbons (Fsp3) is 0.0435. The molecular formula is C46H33N3S3. The maximum absolute atomic E-state index is 6.81. The van der Waals surface area contributed by atoms with Crippen molar-refractivity contribution in [3.63, 3.8) is 0 Å². The van der Waals surface area contributed by atoms with Crippen LogP contribution in [0.1, 0.15) is 29.0 Å². The molecule has 0 aliphatic carbocycles. The minimum atomic E-state index is -0.384. The lowest BCUT2D eigenvalue weighted by molar-refractivity contribution is 0.428. The molecule has 0 spiro atoms. The van der Waals surface area contributed by atoms with Crippen molar-refractivity contribution in [3.05, 3.63) is 175 Å². The first kappa shape index (κ1) is 31.4. The molecule has 3 heterocycles. The zero-order valence-electron chi connectivity index (χ0n) is 28.1. The fourth-order valence-corrected chi connectivity index (χ4v) is 11.0. The first-order valence-corrected chi connectivity index (χ1v) is 19.8. The molecule has 0 amide bonds. The lowest BCUT2D eigenvalue weighted by Crippen LogP contribution is -2.39. The summed E-state index contributed by atoms with van der Waals surface area (Å²) in [4.78, 5) is 0. The smallest absolute Gasteiger partial charge is 0.105 e. The van der Waals surface area contributed by atoms with Crippen molar-refractivity contribution in [2.75, 3.05) is 0 Å². The molecule has 2 atom stereocenters. The molecule has 0 saturated heterocycles. The second-order valence-corrected chi connectivity index (χ2v) is 16.5. The van der Waals surface area contributed by atoms with Crippen molar-refractivity contribution < 1.29 is 0 Å². The summed E-state index contributed by atoms with van der Waals surface area (Å²) in [5.41, 5.74) is 13.4. The number of hydrogen-bond acceptors (Lipinski definition) is 6. The number of thiophene rings is 3. The highest BCUT2D eigenvalue weighted by molar-refractivity contribution is 7.27. The van der Waals surface area contributed by atoms with Crippen molar-refractivity contribution >= 4 is 100 Å². The van der Waals surface area contributed by atoms with E-state index in [1.807, 2.05) is 52.2 Å². The van der Waals surface area contributed by atoms with E-state index in [0.717, 1.165) is 22.4 Å². The molecule has 3 nitrogen and oxygen atoms in total. The molecular weight excluding hydrogens is 691 g/mol. The van der Waals surface area contributed by atoms with Gasteiger partial charge in [0.15, 0.2) is 0 Å². The summed E-state index contributed by atoms with van der Waals surface area (Å²) in [5, 5.41) is 15.1. The van der Waals surface area contributed by atoms with Gasteiger partial charge in [0.2, 0.25) is 0 Å². The Bertz CT molecular complexity index is 2970. The van der Waals surface area contributed by atoms with Gasteiger partial charge in [0, 0.05) is 66.2 Å². The van der Waals surface area contributed by atoms with E-state index in [1.54, 1.807) is 0 Å². The topological polar surface area (TPSA) is 50.1 Å². The van der Waals surface area contributed by atoms with E-state index in [-0.39, 0.29) is 12.3 Å². The Labute approximate surface area is 313 Å². The van der Waals surface area contributed by atoms with Crippen LogP contribution < -0.4 is 16.4 Å². The van der Waals surface area contributed by atoms with Crippen LogP contribution in [-0.2, 0) is 0 Å². The van der Waals surface area contributed by atoms with Crippen molar-refractivity contribution in [2.45, 2.75) is 12.3 Å². The lowest BCUT2D eigenvalue weighted by atomic mass is 10.0. The average molecular weight is 724 g/mol. The van der Waals surface area contributed by atoms with Crippen LogP contribution in [0.4, 0.5) is 0 Å². The summed E-state index contributed by atoms with van der Waals surface area (Å²) in [6, 6.07) is 54.5. The Kier molecular flexibility index (Phi) is 7.67. The number of nitrogens with two attached hydrogens (primary N) is 1. The molecule has 7 aromatic carbocycles. The number of benzene rings is 7. The van der Waals surface area contributed by atoms with Crippen LogP contribution in [0.25, 0.3) is 77.3 Å². The van der Waals surface area contributed by atoms with E-state index >= 15 is 0 Å². The van der Waals surface area contributed by atoms with Gasteiger partial charge in [-0.25, -0.2) is 0 Å². The molecule has 0 aliphatic rings. The molecule has 2 unspecified atom stereocenters. The van der Waals surface area contributed by atoms with Gasteiger partial charge in [0.05, 0.1) is 6.17 Å². The summed E-state index contributed by atoms with van der Waals surface area (Å²) in [6.07, 6.45) is -0.671. The van der Waals surface area contributed by atoms with Gasteiger partial charge in [-0.1, -0.05) is 122 Å². The molecule has 4 N–H and O–H groups in total. The number of rotatable bonds is 8. The molecule has 0 fully saturated rings. The molecule has 6 heteroatoms. The largest absolute Gasteiger partial charge is 0.366 e. The molecule has 52 heavy (non-hydrogen) atoms. The molecule has 3 aromatic heterocycles. The van der Waals surface area contributed by atoms with Crippen molar-refractivity contribution in [3.8, 4) is 11.1 Å². The monoisotopic (exact) mass is 723 g/mol. The van der Waals surface area contributed by atoms with E-state index in [9.17, 15) is 0 Å². The highest BCUT2D eigenvalue weighted by Gasteiger charge is 2.20. The lowest BCUT2D eigenvalue weighted by Gasteiger charge is -2.27. The fourth-order valence-electron chi connectivity index (χ4n) is 7.44. The number of hydrogen-bond donors (Lipinski definition) is 3. The molecule has 0 saturated carbocycles. The minimum absolute atomic E-state index is 0.287. The number of fused-ring (bicyclic) bond motifs is 9. The van der Waals surface area contributed by atoms with Crippen LogP contribution in [0.2, 0.25) is 0 Å². The summed E-state index contributed by atoms with van der Waals surface area (Å²) < 4.78 is 7.75. The van der Waals surface area contributed by atoms with E-state index in [2.05, 4.69) is 151 Å². The number of nitrogens with one attached hydrogen (secondary N) is 2. The van der Waals surface area contributed by atoms with Crippen molar-refractivity contribution in [2.24, 2.45) is 5.73 Å². The van der Waals surface area contributed by atoms with Crippen LogP contribution in [0.5, 0.6) is 0 Å². The van der Waals surface area contributed by atoms with Gasteiger partial charge in [-0.3, -0.25) is 5.32 Å². The summed E-state index contributed by atoms with van der Waals surface area (Å²) in [5.74, 6) is 0. The Morgan fingerprint density at radius 3 is 1.96 bits per heavy atom. The van der Waals surface area contributed by atoms with Crippen LogP contribution in [0, 0.1) is 0 Å². The van der Waals surface area contributed by atoms with Crippen LogP contribution >= 0.6 is 34.0 Å². The third kappa shape index (κ3) is 5.39. The molecule has 10 aromatic rings. The maximum Gasteiger partial charge on any atom is 0.105 e.